The van der Waals surface area contributed by atoms with Gasteiger partial charge in [0.15, 0.2) is 0 Å². The maximum absolute atomic E-state index is 13.3. The van der Waals surface area contributed by atoms with Gasteiger partial charge in [-0.1, -0.05) is 41.9 Å². The molecule has 4 rings (SSSR count). The number of halogens is 1. The van der Waals surface area contributed by atoms with Gasteiger partial charge in [-0.05, 0) is 61.9 Å². The summed E-state index contributed by atoms with van der Waals surface area (Å²) in [6.07, 6.45) is 4.97. The summed E-state index contributed by atoms with van der Waals surface area (Å²) in [4.78, 5) is 15.2. The number of carbonyl (C=O) groups is 1. The molecular formula is C26H33ClN2O4S. The highest BCUT2D eigenvalue weighted by molar-refractivity contribution is 7.88. The van der Waals surface area contributed by atoms with Crippen molar-refractivity contribution >= 4 is 27.5 Å². The van der Waals surface area contributed by atoms with Gasteiger partial charge < -0.3 is 9.64 Å². The number of para-hydroxylation sites is 1. The fourth-order valence-electron chi connectivity index (χ4n) is 4.92. The van der Waals surface area contributed by atoms with Gasteiger partial charge >= 0.3 is 0 Å². The Bertz CT molecular complexity index is 1060. The minimum atomic E-state index is -3.55. The zero-order chi connectivity index (χ0) is 24.0. The summed E-state index contributed by atoms with van der Waals surface area (Å²) in [5.74, 6) is 0.751. The molecule has 6 nitrogen and oxygen atoms in total. The van der Waals surface area contributed by atoms with Gasteiger partial charge in [0.1, 0.15) is 5.75 Å². The van der Waals surface area contributed by atoms with Crippen LogP contribution in [0.2, 0.25) is 5.02 Å². The molecule has 34 heavy (non-hydrogen) atoms. The number of hydrogen-bond acceptors (Lipinski definition) is 4. The van der Waals surface area contributed by atoms with E-state index in [1.54, 1.807) is 28.6 Å². The van der Waals surface area contributed by atoms with E-state index in [0.29, 0.717) is 36.6 Å². The lowest BCUT2D eigenvalue weighted by Crippen LogP contribution is -2.51. The summed E-state index contributed by atoms with van der Waals surface area (Å²) in [5, 5.41) is 0.576. The van der Waals surface area contributed by atoms with Gasteiger partial charge in [0.2, 0.25) is 15.9 Å². The second-order valence-electron chi connectivity index (χ2n) is 9.54. The Hall–Kier alpha value is -2.09. The minimum absolute atomic E-state index is 0.0835. The number of piperidine rings is 2. The van der Waals surface area contributed by atoms with E-state index in [1.807, 2.05) is 35.2 Å². The minimum Gasteiger partial charge on any atom is -0.493 e. The first kappa shape index (κ1) is 25.0. The molecule has 0 spiro atoms. The molecule has 2 heterocycles. The Kier molecular flexibility index (Phi) is 8.17. The molecule has 0 saturated carbocycles. The second-order valence-corrected chi connectivity index (χ2v) is 11.9. The first-order valence-electron chi connectivity index (χ1n) is 12.0. The summed E-state index contributed by atoms with van der Waals surface area (Å²) in [7, 11) is -3.55. The molecule has 2 aliphatic rings. The van der Waals surface area contributed by atoms with Crippen molar-refractivity contribution in [1.29, 1.82) is 0 Å². The van der Waals surface area contributed by atoms with E-state index in [9.17, 15) is 13.2 Å². The van der Waals surface area contributed by atoms with Gasteiger partial charge in [0.05, 0.1) is 12.4 Å². The zero-order valence-corrected chi connectivity index (χ0v) is 21.1. The predicted molar refractivity (Wildman–Crippen MR) is 134 cm³/mol. The van der Waals surface area contributed by atoms with Crippen molar-refractivity contribution in [3.63, 3.8) is 0 Å². The fourth-order valence-corrected chi connectivity index (χ4v) is 6.72. The van der Waals surface area contributed by atoms with Crippen molar-refractivity contribution in [1.82, 2.24) is 9.21 Å². The van der Waals surface area contributed by atoms with Crippen LogP contribution in [0.15, 0.2) is 54.6 Å². The molecule has 8 heteroatoms. The molecule has 0 aromatic heterocycles. The Balaban J connectivity index is 1.52. The van der Waals surface area contributed by atoms with Crippen LogP contribution in [-0.4, -0.2) is 56.3 Å². The van der Waals surface area contributed by atoms with Crippen LogP contribution in [0.25, 0.3) is 0 Å². The lowest BCUT2D eigenvalue weighted by Gasteiger charge is -2.42. The topological polar surface area (TPSA) is 66.9 Å². The lowest BCUT2D eigenvalue weighted by molar-refractivity contribution is -0.136. The number of amides is 1. The average molecular weight is 505 g/mol. The average Bonchev–Trinajstić information content (AvgIpc) is 2.85. The van der Waals surface area contributed by atoms with Crippen molar-refractivity contribution in [3.8, 4) is 5.75 Å². The Morgan fingerprint density at radius 3 is 2.35 bits per heavy atom. The summed E-state index contributed by atoms with van der Waals surface area (Å²) < 4.78 is 34.4. The number of benzene rings is 2. The highest BCUT2D eigenvalue weighted by Crippen LogP contribution is 2.37. The summed E-state index contributed by atoms with van der Waals surface area (Å²) >= 11 is 5.96. The van der Waals surface area contributed by atoms with Crippen molar-refractivity contribution in [3.05, 3.63) is 65.2 Å². The number of likely N-dealkylation sites (tertiary alicyclic amines) is 1. The Labute approximate surface area is 207 Å². The van der Waals surface area contributed by atoms with E-state index in [2.05, 4.69) is 0 Å². The largest absolute Gasteiger partial charge is 0.493 e. The fraction of sp³-hybridized carbons (Fsp3) is 0.500. The summed E-state index contributed by atoms with van der Waals surface area (Å²) in [5.41, 5.74) is 0.140. The van der Waals surface area contributed by atoms with E-state index in [0.717, 1.165) is 44.5 Å². The number of nitrogens with zero attached hydrogens (tertiary/aromatic N) is 2. The van der Waals surface area contributed by atoms with E-state index in [4.69, 9.17) is 16.3 Å². The molecule has 184 valence electrons. The molecule has 2 aliphatic heterocycles. The standard InChI is InChI=1S/C26H33ClN2O4S/c27-23-12-10-22(11-13-23)19-34(31,32)29-17-7-14-26(20-29,21-33-24-8-3-1-4-9-24)18-25(30)28-15-5-2-6-16-28/h1,3-4,8-13H,2,5-7,14-21H2/t26-/m1/s1. The molecule has 2 fully saturated rings. The quantitative estimate of drug-likeness (QED) is 0.521. The normalized spacial score (nSPS) is 21.9. The van der Waals surface area contributed by atoms with Crippen LogP contribution in [0, 0.1) is 5.41 Å². The van der Waals surface area contributed by atoms with Crippen LogP contribution in [-0.2, 0) is 20.6 Å². The number of ether oxygens (including phenoxy) is 1. The van der Waals surface area contributed by atoms with Crippen molar-refractivity contribution in [2.45, 2.75) is 44.3 Å². The lowest BCUT2D eigenvalue weighted by atomic mass is 9.78. The van der Waals surface area contributed by atoms with Crippen molar-refractivity contribution < 1.29 is 17.9 Å². The van der Waals surface area contributed by atoms with Gasteiger partial charge in [0.25, 0.3) is 0 Å². The molecular weight excluding hydrogens is 472 g/mol. The molecule has 2 aromatic rings. The molecule has 0 aliphatic carbocycles. The number of rotatable bonds is 8. The van der Waals surface area contributed by atoms with E-state index >= 15 is 0 Å². The first-order valence-corrected chi connectivity index (χ1v) is 14.0. The third-order valence-corrected chi connectivity index (χ3v) is 8.85. The molecule has 0 N–H and O–H groups in total. The Morgan fingerprint density at radius 1 is 0.941 bits per heavy atom. The molecule has 0 bridgehead atoms. The molecule has 2 saturated heterocycles. The van der Waals surface area contributed by atoms with Crippen LogP contribution in [0.3, 0.4) is 0 Å². The third kappa shape index (κ3) is 6.52. The molecule has 1 atom stereocenters. The smallest absolute Gasteiger partial charge is 0.223 e. The summed E-state index contributed by atoms with van der Waals surface area (Å²) in [6.45, 7) is 2.62. The molecule has 0 unspecified atom stereocenters. The molecule has 0 radical (unpaired) electrons. The highest BCUT2D eigenvalue weighted by Gasteiger charge is 2.42. The highest BCUT2D eigenvalue weighted by atomic mass is 35.5. The van der Waals surface area contributed by atoms with E-state index < -0.39 is 15.4 Å². The van der Waals surface area contributed by atoms with Gasteiger partial charge in [-0.2, -0.15) is 0 Å². The second kappa shape index (κ2) is 11.1. The van der Waals surface area contributed by atoms with Gasteiger partial charge in [0, 0.05) is 43.0 Å². The number of carbonyl (C=O) groups excluding carboxylic acids is 1. The van der Waals surface area contributed by atoms with Crippen LogP contribution in [0.1, 0.15) is 44.1 Å². The van der Waals surface area contributed by atoms with Crippen LogP contribution in [0.4, 0.5) is 0 Å². The van der Waals surface area contributed by atoms with Gasteiger partial charge in [-0.25, -0.2) is 12.7 Å². The van der Waals surface area contributed by atoms with Gasteiger partial charge in [-0.3, -0.25) is 4.79 Å². The van der Waals surface area contributed by atoms with Crippen molar-refractivity contribution in [2.75, 3.05) is 32.8 Å². The van der Waals surface area contributed by atoms with Gasteiger partial charge in [-0.15, -0.1) is 0 Å². The van der Waals surface area contributed by atoms with Crippen LogP contribution >= 0.6 is 11.6 Å². The number of hydrogen-bond donors (Lipinski definition) is 0. The SMILES string of the molecule is O=C(C[C@]1(COc2ccccc2)CCCN(S(=O)(=O)Cc2ccc(Cl)cc2)C1)N1CCCCC1. The Morgan fingerprint density at radius 2 is 1.65 bits per heavy atom. The van der Waals surface area contributed by atoms with Crippen LogP contribution in [0.5, 0.6) is 5.75 Å². The predicted octanol–water partition coefficient (Wildman–Crippen LogP) is 4.73. The molecule has 1 amide bonds. The maximum Gasteiger partial charge on any atom is 0.223 e. The number of sulfonamides is 1. The molecule has 2 aromatic carbocycles. The first-order chi connectivity index (χ1) is 16.4. The zero-order valence-electron chi connectivity index (χ0n) is 19.5. The summed E-state index contributed by atoms with van der Waals surface area (Å²) in [6, 6.07) is 16.4. The maximum atomic E-state index is 13.3. The van der Waals surface area contributed by atoms with Crippen molar-refractivity contribution in [2.24, 2.45) is 5.41 Å². The van der Waals surface area contributed by atoms with Crippen LogP contribution < -0.4 is 4.74 Å². The van der Waals surface area contributed by atoms with E-state index in [-0.39, 0.29) is 18.2 Å². The monoisotopic (exact) mass is 504 g/mol. The third-order valence-electron chi connectivity index (χ3n) is 6.81. The van der Waals surface area contributed by atoms with E-state index in [1.165, 1.54) is 0 Å².